The third-order valence-corrected chi connectivity index (χ3v) is 3.94. The van der Waals surface area contributed by atoms with E-state index < -0.39 is 10.9 Å². The van der Waals surface area contributed by atoms with Crippen LogP contribution >= 0.6 is 27.7 Å². The zero-order valence-electron chi connectivity index (χ0n) is 9.91. The summed E-state index contributed by atoms with van der Waals surface area (Å²) in [5.74, 6) is -0.623. The Hall–Kier alpha value is -1.80. The average Bonchev–Trinajstić information content (AvgIpc) is 2.85. The summed E-state index contributed by atoms with van der Waals surface area (Å²) < 4.78 is 5.78. The number of carboxylic acid groups (broad SMARTS) is 1. The van der Waals surface area contributed by atoms with E-state index in [2.05, 4.69) is 15.9 Å². The van der Waals surface area contributed by atoms with Gasteiger partial charge in [-0.2, -0.15) is 0 Å². The lowest BCUT2D eigenvalue weighted by molar-refractivity contribution is -0.402. The summed E-state index contributed by atoms with van der Waals surface area (Å²) in [6, 6.07) is 7.61. The Labute approximate surface area is 126 Å². The quantitative estimate of drug-likeness (QED) is 0.494. The van der Waals surface area contributed by atoms with Crippen LogP contribution in [0.1, 0.15) is 16.1 Å². The molecule has 1 N–H and O–H groups in total. The molecule has 0 fully saturated rings. The van der Waals surface area contributed by atoms with Crippen molar-refractivity contribution in [1.29, 1.82) is 0 Å². The van der Waals surface area contributed by atoms with Crippen molar-refractivity contribution in [1.82, 2.24) is 0 Å². The second-order valence-corrected chi connectivity index (χ2v) is 5.66. The van der Waals surface area contributed by atoms with Crippen molar-refractivity contribution in [2.45, 2.75) is 10.6 Å². The molecule has 0 aliphatic carbocycles. The maximum Gasteiger partial charge on any atom is 0.433 e. The number of aromatic carboxylic acids is 1. The Morgan fingerprint density at radius 2 is 2.15 bits per heavy atom. The second kappa shape index (κ2) is 6.10. The van der Waals surface area contributed by atoms with Gasteiger partial charge in [0.15, 0.2) is 0 Å². The zero-order chi connectivity index (χ0) is 14.7. The van der Waals surface area contributed by atoms with Crippen LogP contribution in [0, 0.1) is 10.1 Å². The standard InChI is InChI=1S/C12H8BrNO5S/c13-7-1-3-9(12(15)16)10(5-7)20-6-8-2-4-11(19-8)14(17)18/h1-5H,6H2,(H,15,16). The molecule has 0 radical (unpaired) electrons. The van der Waals surface area contributed by atoms with Crippen molar-refractivity contribution in [3.05, 3.63) is 56.2 Å². The van der Waals surface area contributed by atoms with Crippen LogP contribution < -0.4 is 0 Å². The predicted octanol–water partition coefficient (Wildman–Crippen LogP) is 3.94. The largest absolute Gasteiger partial charge is 0.478 e. The molecular formula is C12H8BrNO5S. The molecule has 0 spiro atoms. The summed E-state index contributed by atoms with van der Waals surface area (Å²) >= 11 is 4.52. The van der Waals surface area contributed by atoms with Gasteiger partial charge >= 0.3 is 11.9 Å². The fraction of sp³-hybridized carbons (Fsp3) is 0.0833. The molecule has 0 saturated heterocycles. The van der Waals surface area contributed by atoms with Gasteiger partial charge in [0.2, 0.25) is 0 Å². The molecule has 2 aromatic rings. The third kappa shape index (κ3) is 3.40. The van der Waals surface area contributed by atoms with E-state index in [4.69, 9.17) is 9.52 Å². The Balaban J connectivity index is 2.15. The molecule has 1 aromatic heterocycles. The lowest BCUT2D eigenvalue weighted by Gasteiger charge is -2.05. The normalized spacial score (nSPS) is 10.4. The number of hydrogen-bond donors (Lipinski definition) is 1. The van der Waals surface area contributed by atoms with Gasteiger partial charge in [0.1, 0.15) is 10.7 Å². The van der Waals surface area contributed by atoms with Crippen molar-refractivity contribution in [2.75, 3.05) is 0 Å². The molecule has 0 atom stereocenters. The van der Waals surface area contributed by atoms with Crippen LogP contribution in [0.25, 0.3) is 0 Å². The molecule has 6 nitrogen and oxygen atoms in total. The van der Waals surface area contributed by atoms with E-state index in [-0.39, 0.29) is 11.4 Å². The molecule has 1 heterocycles. The number of rotatable bonds is 5. The van der Waals surface area contributed by atoms with Crippen LogP contribution in [0.3, 0.4) is 0 Å². The molecule has 2 rings (SSSR count). The van der Waals surface area contributed by atoms with Crippen LogP contribution in [0.4, 0.5) is 5.88 Å². The number of nitrogens with zero attached hydrogens (tertiary/aromatic N) is 1. The van der Waals surface area contributed by atoms with Crippen LogP contribution in [-0.2, 0) is 5.75 Å². The molecule has 0 aliphatic heterocycles. The van der Waals surface area contributed by atoms with Gasteiger partial charge in [-0.25, -0.2) is 4.79 Å². The van der Waals surface area contributed by atoms with Gasteiger partial charge in [-0.05, 0) is 24.3 Å². The monoisotopic (exact) mass is 357 g/mol. The first-order valence-electron chi connectivity index (χ1n) is 5.36. The maximum absolute atomic E-state index is 11.1. The van der Waals surface area contributed by atoms with Crippen molar-refractivity contribution in [3.63, 3.8) is 0 Å². The second-order valence-electron chi connectivity index (χ2n) is 3.73. The number of hydrogen-bond acceptors (Lipinski definition) is 5. The van der Waals surface area contributed by atoms with Crippen LogP contribution in [0.5, 0.6) is 0 Å². The molecule has 0 amide bonds. The molecule has 8 heteroatoms. The van der Waals surface area contributed by atoms with E-state index in [9.17, 15) is 14.9 Å². The van der Waals surface area contributed by atoms with Gasteiger partial charge in [0, 0.05) is 9.37 Å². The first kappa shape index (κ1) is 14.6. The SMILES string of the molecule is O=C(O)c1ccc(Br)cc1SCc1ccc([N+](=O)[O-])o1. The molecule has 0 aliphatic rings. The Kier molecular flexibility index (Phi) is 4.46. The number of thioether (sulfide) groups is 1. The highest BCUT2D eigenvalue weighted by Gasteiger charge is 2.14. The highest BCUT2D eigenvalue weighted by atomic mass is 79.9. The van der Waals surface area contributed by atoms with E-state index >= 15 is 0 Å². The number of benzene rings is 1. The molecule has 0 bridgehead atoms. The van der Waals surface area contributed by atoms with Gasteiger partial charge in [0.05, 0.1) is 17.4 Å². The minimum Gasteiger partial charge on any atom is -0.478 e. The summed E-state index contributed by atoms with van der Waals surface area (Å²) in [7, 11) is 0. The molecule has 20 heavy (non-hydrogen) atoms. The van der Waals surface area contributed by atoms with Crippen molar-refractivity contribution >= 4 is 39.5 Å². The first-order chi connectivity index (χ1) is 9.47. The number of furan rings is 1. The molecule has 0 saturated carbocycles. The molecule has 0 unspecified atom stereocenters. The molecular weight excluding hydrogens is 350 g/mol. The van der Waals surface area contributed by atoms with E-state index in [1.54, 1.807) is 12.1 Å². The van der Waals surface area contributed by atoms with Crippen LogP contribution in [-0.4, -0.2) is 16.0 Å². The van der Waals surface area contributed by atoms with Crippen LogP contribution in [0.2, 0.25) is 0 Å². The number of nitro groups is 1. The Bertz CT molecular complexity index is 670. The van der Waals surface area contributed by atoms with Gasteiger partial charge in [-0.15, -0.1) is 11.8 Å². The third-order valence-electron chi connectivity index (χ3n) is 2.37. The summed E-state index contributed by atoms with van der Waals surface area (Å²) in [5, 5.41) is 19.6. The number of halogens is 1. The highest BCUT2D eigenvalue weighted by molar-refractivity contribution is 9.10. The molecule has 104 valence electrons. The van der Waals surface area contributed by atoms with Crippen LogP contribution in [0.15, 0.2) is 44.1 Å². The van der Waals surface area contributed by atoms with Gasteiger partial charge < -0.3 is 9.52 Å². The fourth-order valence-electron chi connectivity index (χ4n) is 1.48. The Morgan fingerprint density at radius 3 is 2.75 bits per heavy atom. The fourth-order valence-corrected chi connectivity index (χ4v) is 2.97. The number of carboxylic acids is 1. The van der Waals surface area contributed by atoms with Crippen molar-refractivity contribution < 1.29 is 19.2 Å². The summed E-state index contributed by atoms with van der Waals surface area (Å²) in [5.41, 5.74) is 0.180. The Morgan fingerprint density at radius 1 is 1.40 bits per heavy atom. The highest BCUT2D eigenvalue weighted by Crippen LogP contribution is 2.30. The first-order valence-corrected chi connectivity index (χ1v) is 7.14. The van der Waals surface area contributed by atoms with E-state index in [0.717, 1.165) is 4.47 Å². The van der Waals surface area contributed by atoms with Crippen molar-refractivity contribution in [2.24, 2.45) is 0 Å². The average molecular weight is 358 g/mol. The zero-order valence-corrected chi connectivity index (χ0v) is 12.3. The topological polar surface area (TPSA) is 93.6 Å². The summed E-state index contributed by atoms with van der Waals surface area (Å²) in [6.45, 7) is 0. The lowest BCUT2D eigenvalue weighted by Crippen LogP contribution is -1.98. The van der Waals surface area contributed by atoms with Gasteiger partial charge in [-0.3, -0.25) is 10.1 Å². The summed E-state index contributed by atoms with van der Waals surface area (Å²) in [6.07, 6.45) is 0. The van der Waals surface area contributed by atoms with E-state index in [0.29, 0.717) is 16.4 Å². The van der Waals surface area contributed by atoms with E-state index in [1.165, 1.54) is 30.0 Å². The lowest BCUT2D eigenvalue weighted by atomic mass is 10.2. The molecule has 1 aromatic carbocycles. The minimum atomic E-state index is -1.02. The summed E-state index contributed by atoms with van der Waals surface area (Å²) in [4.78, 5) is 21.5. The number of carbonyl (C=O) groups is 1. The van der Waals surface area contributed by atoms with E-state index in [1.807, 2.05) is 0 Å². The minimum absolute atomic E-state index is 0.180. The van der Waals surface area contributed by atoms with Gasteiger partial charge in [-0.1, -0.05) is 15.9 Å². The van der Waals surface area contributed by atoms with Gasteiger partial charge in [0.25, 0.3) is 0 Å². The maximum atomic E-state index is 11.1. The van der Waals surface area contributed by atoms with Crippen molar-refractivity contribution in [3.8, 4) is 0 Å². The smallest absolute Gasteiger partial charge is 0.433 e. The predicted molar refractivity (Wildman–Crippen MR) is 76.0 cm³/mol.